The molecular formula is C30H30FN3O2. The van der Waals surface area contributed by atoms with Gasteiger partial charge in [0.25, 0.3) is 5.91 Å². The first-order chi connectivity index (χ1) is 17.6. The molecule has 1 amide bonds. The number of rotatable bonds is 7. The monoisotopic (exact) mass is 483 g/mol. The van der Waals surface area contributed by atoms with Crippen LogP contribution in [0.4, 0.5) is 10.1 Å². The highest BCUT2D eigenvalue weighted by Gasteiger charge is 2.24. The molecule has 0 aliphatic carbocycles. The van der Waals surface area contributed by atoms with Crippen LogP contribution in [0, 0.1) is 5.82 Å². The van der Waals surface area contributed by atoms with Crippen molar-refractivity contribution in [2.75, 3.05) is 37.6 Å². The zero-order chi connectivity index (χ0) is 24.7. The maximum absolute atomic E-state index is 13.2. The third-order valence-corrected chi connectivity index (χ3v) is 6.54. The maximum atomic E-state index is 13.2. The van der Waals surface area contributed by atoms with Crippen LogP contribution in [0.5, 0.6) is 5.75 Å². The standard InChI is InChI=1S/C30H30FN3O2/c31-27-10-8-24(9-11-27)21-32-17-19-33(20-18-32)30(35)26-7-4-16-34(22-26)28-12-14-29(15-13-28)36-23-25-5-2-1-3-6-25/h1-15,22H,16-21,23H2. The van der Waals surface area contributed by atoms with E-state index >= 15 is 0 Å². The van der Waals surface area contributed by atoms with Gasteiger partial charge in [0.05, 0.1) is 5.57 Å². The number of piperazine rings is 1. The molecule has 2 aliphatic heterocycles. The average Bonchev–Trinajstić information content (AvgIpc) is 2.94. The zero-order valence-corrected chi connectivity index (χ0v) is 20.2. The van der Waals surface area contributed by atoms with E-state index in [0.717, 1.165) is 42.2 Å². The summed E-state index contributed by atoms with van der Waals surface area (Å²) in [7, 11) is 0. The Balaban J connectivity index is 1.15. The number of nitrogens with zero attached hydrogens (tertiary/aromatic N) is 3. The summed E-state index contributed by atoms with van der Waals surface area (Å²) in [5, 5.41) is 0. The Morgan fingerprint density at radius 3 is 2.28 bits per heavy atom. The smallest absolute Gasteiger partial charge is 0.255 e. The predicted molar refractivity (Wildman–Crippen MR) is 140 cm³/mol. The molecule has 0 radical (unpaired) electrons. The van der Waals surface area contributed by atoms with E-state index in [0.29, 0.717) is 31.8 Å². The first-order valence-corrected chi connectivity index (χ1v) is 12.3. The summed E-state index contributed by atoms with van der Waals surface area (Å²) < 4.78 is 19.0. The molecule has 0 bridgehead atoms. The lowest BCUT2D eigenvalue weighted by atomic mass is 10.1. The lowest BCUT2D eigenvalue weighted by Gasteiger charge is -2.35. The van der Waals surface area contributed by atoms with Crippen molar-refractivity contribution in [3.63, 3.8) is 0 Å². The summed E-state index contributed by atoms with van der Waals surface area (Å²) in [4.78, 5) is 19.5. The van der Waals surface area contributed by atoms with E-state index in [9.17, 15) is 9.18 Å². The van der Waals surface area contributed by atoms with Crippen LogP contribution >= 0.6 is 0 Å². The van der Waals surface area contributed by atoms with Crippen molar-refractivity contribution in [2.45, 2.75) is 13.2 Å². The van der Waals surface area contributed by atoms with Gasteiger partial charge in [-0.1, -0.05) is 54.6 Å². The summed E-state index contributed by atoms with van der Waals surface area (Å²) in [6, 6.07) is 24.7. The van der Waals surface area contributed by atoms with Gasteiger partial charge in [0.1, 0.15) is 18.2 Å². The first-order valence-electron chi connectivity index (χ1n) is 12.3. The Morgan fingerprint density at radius 1 is 0.833 bits per heavy atom. The van der Waals surface area contributed by atoms with Gasteiger partial charge < -0.3 is 14.5 Å². The largest absolute Gasteiger partial charge is 0.489 e. The predicted octanol–water partition coefficient (Wildman–Crippen LogP) is 5.01. The number of hydrogen-bond donors (Lipinski definition) is 0. The molecule has 0 atom stereocenters. The van der Waals surface area contributed by atoms with Gasteiger partial charge >= 0.3 is 0 Å². The number of halogens is 1. The second kappa shape index (κ2) is 11.2. The fraction of sp³-hybridized carbons (Fsp3) is 0.233. The summed E-state index contributed by atoms with van der Waals surface area (Å²) in [5.74, 6) is 0.651. The van der Waals surface area contributed by atoms with E-state index < -0.39 is 0 Å². The first kappa shape index (κ1) is 23.8. The Labute approximate surface area is 211 Å². The molecule has 0 aromatic heterocycles. The van der Waals surface area contributed by atoms with E-state index in [2.05, 4.69) is 9.80 Å². The number of anilines is 1. The minimum Gasteiger partial charge on any atom is -0.489 e. The van der Waals surface area contributed by atoms with Gasteiger partial charge in [0.2, 0.25) is 0 Å². The highest BCUT2D eigenvalue weighted by atomic mass is 19.1. The van der Waals surface area contributed by atoms with Crippen LogP contribution in [0.3, 0.4) is 0 Å². The van der Waals surface area contributed by atoms with Crippen LogP contribution in [0.1, 0.15) is 11.1 Å². The molecule has 36 heavy (non-hydrogen) atoms. The molecule has 0 unspecified atom stereocenters. The van der Waals surface area contributed by atoms with Crippen molar-refractivity contribution in [3.8, 4) is 5.75 Å². The minimum atomic E-state index is -0.218. The Kier molecular flexibility index (Phi) is 7.43. The second-order valence-electron chi connectivity index (χ2n) is 9.10. The van der Waals surface area contributed by atoms with E-state index in [1.807, 2.05) is 90.0 Å². The number of hydrogen-bond acceptors (Lipinski definition) is 4. The topological polar surface area (TPSA) is 36.0 Å². The second-order valence-corrected chi connectivity index (χ2v) is 9.10. The molecule has 0 spiro atoms. The Hall–Kier alpha value is -3.90. The molecular weight excluding hydrogens is 453 g/mol. The lowest BCUT2D eigenvalue weighted by Crippen LogP contribution is -2.48. The van der Waals surface area contributed by atoms with Crippen LogP contribution < -0.4 is 9.64 Å². The van der Waals surface area contributed by atoms with Gasteiger partial charge in [-0.05, 0) is 47.5 Å². The number of benzene rings is 3. The van der Waals surface area contributed by atoms with E-state index in [1.54, 1.807) is 0 Å². The van der Waals surface area contributed by atoms with Crippen molar-refractivity contribution in [2.24, 2.45) is 0 Å². The number of carbonyl (C=O) groups is 1. The molecule has 5 rings (SSSR count). The normalized spacial score (nSPS) is 16.1. The van der Waals surface area contributed by atoms with E-state index in [4.69, 9.17) is 4.74 Å². The van der Waals surface area contributed by atoms with Crippen molar-refractivity contribution in [1.29, 1.82) is 0 Å². The number of ether oxygens (including phenoxy) is 1. The van der Waals surface area contributed by atoms with Crippen LogP contribution in [-0.2, 0) is 17.9 Å². The lowest BCUT2D eigenvalue weighted by molar-refractivity contribution is -0.128. The fourth-order valence-electron chi connectivity index (χ4n) is 4.48. The zero-order valence-electron chi connectivity index (χ0n) is 20.2. The maximum Gasteiger partial charge on any atom is 0.255 e. The SMILES string of the molecule is O=C(C1=CN(c2ccc(OCc3ccccc3)cc2)CC=C1)N1CCN(Cc2ccc(F)cc2)CC1. The van der Waals surface area contributed by atoms with Gasteiger partial charge in [-0.15, -0.1) is 0 Å². The highest BCUT2D eigenvalue weighted by molar-refractivity contribution is 5.97. The third-order valence-electron chi connectivity index (χ3n) is 6.54. The molecule has 3 aromatic carbocycles. The van der Waals surface area contributed by atoms with Crippen molar-refractivity contribution in [3.05, 3.63) is 120 Å². The minimum absolute atomic E-state index is 0.0557. The molecule has 0 saturated carbocycles. The number of carbonyl (C=O) groups excluding carboxylic acids is 1. The highest BCUT2D eigenvalue weighted by Crippen LogP contribution is 2.24. The molecule has 1 saturated heterocycles. The molecule has 0 N–H and O–H groups in total. The molecule has 2 heterocycles. The van der Waals surface area contributed by atoms with Crippen molar-refractivity contribution in [1.82, 2.24) is 9.80 Å². The third kappa shape index (κ3) is 6.01. The summed E-state index contributed by atoms with van der Waals surface area (Å²) >= 11 is 0. The molecule has 184 valence electrons. The van der Waals surface area contributed by atoms with Gasteiger partial charge in [0.15, 0.2) is 0 Å². The molecule has 1 fully saturated rings. The molecule has 3 aromatic rings. The van der Waals surface area contributed by atoms with Crippen LogP contribution in [0.25, 0.3) is 0 Å². The average molecular weight is 484 g/mol. The van der Waals surface area contributed by atoms with Gasteiger partial charge in [-0.2, -0.15) is 0 Å². The number of amides is 1. The van der Waals surface area contributed by atoms with Gasteiger partial charge in [0, 0.05) is 51.2 Å². The Morgan fingerprint density at radius 2 is 1.56 bits per heavy atom. The van der Waals surface area contributed by atoms with Crippen LogP contribution in [0.15, 0.2) is 103 Å². The Bertz CT molecular complexity index is 1220. The summed E-state index contributed by atoms with van der Waals surface area (Å²) in [6.45, 7) is 4.97. The van der Waals surface area contributed by atoms with Gasteiger partial charge in [-0.3, -0.25) is 9.69 Å². The quantitative estimate of drug-likeness (QED) is 0.473. The van der Waals surface area contributed by atoms with Crippen molar-refractivity contribution >= 4 is 11.6 Å². The summed E-state index contributed by atoms with van der Waals surface area (Å²) in [6.07, 6.45) is 5.88. The molecule has 6 heteroatoms. The van der Waals surface area contributed by atoms with Gasteiger partial charge in [-0.25, -0.2) is 4.39 Å². The molecule has 5 nitrogen and oxygen atoms in total. The molecule has 2 aliphatic rings. The summed E-state index contributed by atoms with van der Waals surface area (Å²) in [5.41, 5.74) is 3.92. The van der Waals surface area contributed by atoms with Crippen LogP contribution in [0.2, 0.25) is 0 Å². The fourth-order valence-corrected chi connectivity index (χ4v) is 4.48. The van der Waals surface area contributed by atoms with E-state index in [-0.39, 0.29) is 11.7 Å². The van der Waals surface area contributed by atoms with Crippen molar-refractivity contribution < 1.29 is 13.9 Å². The van der Waals surface area contributed by atoms with Crippen LogP contribution in [-0.4, -0.2) is 48.4 Å². The van der Waals surface area contributed by atoms with E-state index in [1.165, 1.54) is 12.1 Å².